The number of amides is 1. The lowest BCUT2D eigenvalue weighted by Crippen LogP contribution is -2.41. The summed E-state index contributed by atoms with van der Waals surface area (Å²) in [5.74, 6) is -0.646. The Balaban J connectivity index is 2.16. The van der Waals surface area contributed by atoms with Crippen LogP contribution in [-0.2, 0) is 13.1 Å². The van der Waals surface area contributed by atoms with E-state index in [1.807, 2.05) is 37.3 Å². The van der Waals surface area contributed by atoms with Gasteiger partial charge in [-0.05, 0) is 18.1 Å². The number of nitrogens with two attached hydrogens (primary N) is 1. The molecular formula is C21H21Cl2N5O3. The molecule has 10 heteroatoms. The number of nitrogens with zero attached hydrogens (tertiary/aromatic N) is 3. The summed E-state index contributed by atoms with van der Waals surface area (Å²) in [5.41, 5.74) is 5.62. The molecule has 0 saturated heterocycles. The number of hydrogen-bond acceptors (Lipinski definition) is 5. The van der Waals surface area contributed by atoms with Crippen molar-refractivity contribution in [2.24, 2.45) is 0 Å². The number of pyridine rings is 1. The molecule has 0 aliphatic carbocycles. The monoisotopic (exact) mass is 461 g/mol. The molecule has 3 rings (SSSR count). The van der Waals surface area contributed by atoms with Crippen molar-refractivity contribution in [1.29, 1.82) is 0 Å². The molecule has 162 valence electrons. The summed E-state index contributed by atoms with van der Waals surface area (Å²) in [6.45, 7) is 2.32. The highest BCUT2D eigenvalue weighted by atomic mass is 35.5. The molecule has 0 bridgehead atoms. The van der Waals surface area contributed by atoms with Gasteiger partial charge >= 0.3 is 5.69 Å². The highest BCUT2D eigenvalue weighted by molar-refractivity contribution is 6.41. The largest absolute Gasteiger partial charge is 0.383 e. The number of unbranched alkanes of at least 4 members (excludes halogenated alkanes) is 1. The molecule has 3 aromatic rings. The summed E-state index contributed by atoms with van der Waals surface area (Å²) < 4.78 is 1.26. The lowest BCUT2D eigenvalue weighted by Gasteiger charge is -2.25. The maximum absolute atomic E-state index is 13.4. The zero-order valence-corrected chi connectivity index (χ0v) is 18.3. The molecule has 0 unspecified atom stereocenters. The van der Waals surface area contributed by atoms with Gasteiger partial charge in [-0.3, -0.25) is 24.0 Å². The second kappa shape index (κ2) is 9.80. The first-order valence-electron chi connectivity index (χ1n) is 9.63. The summed E-state index contributed by atoms with van der Waals surface area (Å²) in [6.07, 6.45) is 2.77. The van der Waals surface area contributed by atoms with E-state index in [1.54, 1.807) is 0 Å². The summed E-state index contributed by atoms with van der Waals surface area (Å²) in [6, 6.07) is 10.5. The normalized spacial score (nSPS) is 10.8. The van der Waals surface area contributed by atoms with Gasteiger partial charge in [0.1, 0.15) is 11.0 Å². The Kier molecular flexibility index (Phi) is 7.14. The lowest BCUT2D eigenvalue weighted by atomic mass is 10.1. The van der Waals surface area contributed by atoms with E-state index in [2.05, 4.69) is 9.97 Å². The number of carbonyl (C=O) groups is 1. The number of carbonyl (C=O) groups excluding carboxylic acids is 1. The van der Waals surface area contributed by atoms with Crippen LogP contribution in [0.25, 0.3) is 0 Å². The number of halogens is 2. The Morgan fingerprint density at radius 3 is 2.58 bits per heavy atom. The average Bonchev–Trinajstić information content (AvgIpc) is 2.75. The second-order valence-electron chi connectivity index (χ2n) is 6.87. The first-order valence-corrected chi connectivity index (χ1v) is 10.4. The molecule has 0 saturated carbocycles. The molecule has 2 aromatic heterocycles. The van der Waals surface area contributed by atoms with Crippen LogP contribution in [0, 0.1) is 0 Å². The second-order valence-corrected chi connectivity index (χ2v) is 7.64. The Bertz CT molecular complexity index is 1210. The summed E-state index contributed by atoms with van der Waals surface area (Å²) in [4.78, 5) is 45.9. The molecule has 2 heterocycles. The highest BCUT2D eigenvalue weighted by Crippen LogP contribution is 2.25. The summed E-state index contributed by atoms with van der Waals surface area (Å²) in [5, 5.41) is 0.153. The van der Waals surface area contributed by atoms with Crippen LogP contribution in [0.1, 0.15) is 35.7 Å². The lowest BCUT2D eigenvalue weighted by molar-refractivity contribution is 0.0984. The molecule has 1 amide bonds. The Hall–Kier alpha value is -3.10. The van der Waals surface area contributed by atoms with Crippen LogP contribution in [0.2, 0.25) is 10.2 Å². The third kappa shape index (κ3) is 4.98. The fourth-order valence-electron chi connectivity index (χ4n) is 3.09. The number of H-pyrrole nitrogens is 1. The van der Waals surface area contributed by atoms with Crippen molar-refractivity contribution in [3.05, 3.63) is 84.7 Å². The Labute approximate surface area is 188 Å². The fourth-order valence-corrected chi connectivity index (χ4v) is 3.36. The topological polar surface area (TPSA) is 114 Å². The molecule has 0 spiro atoms. The maximum Gasteiger partial charge on any atom is 0.330 e. The van der Waals surface area contributed by atoms with Crippen molar-refractivity contribution >= 4 is 40.6 Å². The SMILES string of the molecule is CCCCn1c(N)c(N(Cc2ccccc2)C(=O)c2cnc(Cl)c(Cl)c2)c(=O)[nH]c1=O. The molecule has 31 heavy (non-hydrogen) atoms. The third-order valence-corrected chi connectivity index (χ3v) is 5.38. The first-order chi connectivity index (χ1) is 14.8. The van der Waals surface area contributed by atoms with Gasteiger partial charge in [0.2, 0.25) is 0 Å². The summed E-state index contributed by atoms with van der Waals surface area (Å²) in [7, 11) is 0. The molecule has 0 radical (unpaired) electrons. The fraction of sp³-hybridized carbons (Fsp3) is 0.238. The van der Waals surface area contributed by atoms with Crippen LogP contribution >= 0.6 is 23.2 Å². The standard InChI is InChI=1S/C21H21Cl2N5O3/c1-2-3-9-27-18(24)16(19(29)26-21(27)31)28(12-13-7-5-4-6-8-13)20(30)14-10-15(22)17(23)25-11-14/h4-8,10-11H,2-3,9,12,24H2,1H3,(H,26,29,31). The molecular weight excluding hydrogens is 441 g/mol. The van der Waals surface area contributed by atoms with Crippen LogP contribution in [0.15, 0.2) is 52.2 Å². The van der Waals surface area contributed by atoms with Gasteiger partial charge in [-0.1, -0.05) is 66.9 Å². The van der Waals surface area contributed by atoms with E-state index >= 15 is 0 Å². The number of anilines is 2. The number of nitrogens with one attached hydrogen (secondary N) is 1. The number of nitrogen functional groups attached to an aromatic ring is 1. The minimum Gasteiger partial charge on any atom is -0.383 e. The molecule has 0 fully saturated rings. The minimum atomic E-state index is -0.757. The van der Waals surface area contributed by atoms with Gasteiger partial charge in [-0.15, -0.1) is 0 Å². The van der Waals surface area contributed by atoms with E-state index in [4.69, 9.17) is 28.9 Å². The minimum absolute atomic E-state index is 0.0409. The van der Waals surface area contributed by atoms with Crippen molar-refractivity contribution < 1.29 is 4.79 Å². The Morgan fingerprint density at radius 2 is 1.94 bits per heavy atom. The van der Waals surface area contributed by atoms with Crippen molar-refractivity contribution in [2.75, 3.05) is 10.6 Å². The van der Waals surface area contributed by atoms with Crippen molar-refractivity contribution in [2.45, 2.75) is 32.9 Å². The molecule has 8 nitrogen and oxygen atoms in total. The molecule has 0 aliphatic rings. The van der Waals surface area contributed by atoms with Crippen LogP contribution in [-0.4, -0.2) is 20.4 Å². The number of aromatic amines is 1. The predicted octanol–water partition coefficient (Wildman–Crippen LogP) is 3.47. The Morgan fingerprint density at radius 1 is 1.23 bits per heavy atom. The van der Waals surface area contributed by atoms with Gasteiger partial charge in [0.25, 0.3) is 11.5 Å². The van der Waals surface area contributed by atoms with Crippen LogP contribution in [0.3, 0.4) is 0 Å². The maximum atomic E-state index is 13.4. The van der Waals surface area contributed by atoms with E-state index in [9.17, 15) is 14.4 Å². The van der Waals surface area contributed by atoms with E-state index in [0.717, 1.165) is 12.0 Å². The smallest absolute Gasteiger partial charge is 0.330 e. The molecule has 1 aromatic carbocycles. The van der Waals surface area contributed by atoms with Crippen LogP contribution < -0.4 is 21.9 Å². The highest BCUT2D eigenvalue weighted by Gasteiger charge is 2.26. The molecule has 3 N–H and O–H groups in total. The van der Waals surface area contributed by atoms with Crippen molar-refractivity contribution in [3.63, 3.8) is 0 Å². The predicted molar refractivity (Wildman–Crippen MR) is 122 cm³/mol. The molecule has 0 aliphatic heterocycles. The zero-order valence-electron chi connectivity index (χ0n) is 16.8. The number of aromatic nitrogens is 3. The van der Waals surface area contributed by atoms with Gasteiger partial charge < -0.3 is 5.73 Å². The molecule has 0 atom stereocenters. The van der Waals surface area contributed by atoms with Crippen LogP contribution in [0.4, 0.5) is 11.5 Å². The number of benzene rings is 1. The number of hydrogen-bond donors (Lipinski definition) is 2. The number of rotatable bonds is 7. The average molecular weight is 462 g/mol. The van der Waals surface area contributed by atoms with Crippen LogP contribution in [0.5, 0.6) is 0 Å². The zero-order chi connectivity index (χ0) is 22.5. The van der Waals surface area contributed by atoms with Crippen molar-refractivity contribution in [1.82, 2.24) is 14.5 Å². The summed E-state index contributed by atoms with van der Waals surface area (Å²) >= 11 is 11.9. The third-order valence-electron chi connectivity index (χ3n) is 4.69. The first kappa shape index (κ1) is 22.6. The van der Waals surface area contributed by atoms with Crippen molar-refractivity contribution in [3.8, 4) is 0 Å². The van der Waals surface area contributed by atoms with Gasteiger partial charge in [0.05, 0.1) is 17.1 Å². The van der Waals surface area contributed by atoms with Gasteiger partial charge in [-0.2, -0.15) is 0 Å². The van der Waals surface area contributed by atoms with Gasteiger partial charge in [0, 0.05) is 12.7 Å². The van der Waals surface area contributed by atoms with E-state index in [0.29, 0.717) is 13.0 Å². The van der Waals surface area contributed by atoms with Gasteiger partial charge in [-0.25, -0.2) is 9.78 Å². The van der Waals surface area contributed by atoms with Gasteiger partial charge in [0.15, 0.2) is 5.69 Å². The van der Waals surface area contributed by atoms with E-state index in [1.165, 1.54) is 21.7 Å². The van der Waals surface area contributed by atoms with E-state index in [-0.39, 0.29) is 33.8 Å². The van der Waals surface area contributed by atoms with E-state index < -0.39 is 17.2 Å². The quantitative estimate of drug-likeness (QED) is 0.522.